The van der Waals surface area contributed by atoms with Crippen LogP contribution in [-0.2, 0) is 13.0 Å². The summed E-state index contributed by atoms with van der Waals surface area (Å²) in [5, 5.41) is 13.5. The van der Waals surface area contributed by atoms with Crippen molar-refractivity contribution in [2.24, 2.45) is 0 Å². The molecule has 7 nitrogen and oxygen atoms in total. The molecule has 0 spiro atoms. The van der Waals surface area contributed by atoms with Gasteiger partial charge in [0.1, 0.15) is 5.65 Å². The predicted molar refractivity (Wildman–Crippen MR) is 106 cm³/mol. The molecule has 0 saturated carbocycles. The summed E-state index contributed by atoms with van der Waals surface area (Å²) in [4.78, 5) is 17.7. The van der Waals surface area contributed by atoms with Crippen LogP contribution in [0.2, 0.25) is 0 Å². The molecule has 0 aliphatic heterocycles. The molecule has 1 aromatic carbocycles. The summed E-state index contributed by atoms with van der Waals surface area (Å²) in [5.74, 6) is 0. The second-order valence-electron chi connectivity index (χ2n) is 6.52. The third-order valence-corrected chi connectivity index (χ3v) is 4.77. The highest BCUT2D eigenvalue weighted by Crippen LogP contribution is 2.24. The summed E-state index contributed by atoms with van der Waals surface area (Å²) in [7, 11) is 0. The van der Waals surface area contributed by atoms with E-state index in [2.05, 4.69) is 20.3 Å². The quantitative estimate of drug-likeness (QED) is 0.487. The topological polar surface area (TPSA) is 78.0 Å². The van der Waals surface area contributed by atoms with Gasteiger partial charge in [-0.25, -0.2) is 9.67 Å². The van der Waals surface area contributed by atoms with Gasteiger partial charge in [-0.3, -0.25) is 4.79 Å². The Balaban J connectivity index is 1.53. The van der Waals surface area contributed by atoms with E-state index in [1.165, 1.54) is 4.68 Å². The fourth-order valence-electron chi connectivity index (χ4n) is 3.41. The van der Waals surface area contributed by atoms with Gasteiger partial charge in [-0.1, -0.05) is 24.3 Å². The molecule has 0 N–H and O–H groups in total. The lowest BCUT2D eigenvalue weighted by molar-refractivity contribution is 0.580. The van der Waals surface area contributed by atoms with E-state index in [4.69, 9.17) is 0 Å². The predicted octanol–water partition coefficient (Wildman–Crippen LogP) is 2.74. The SMILES string of the molecule is O=c1c2c(-c3ccnnc3)cccc2cnn1CCc1cn2ccccc2n1. The van der Waals surface area contributed by atoms with Crippen molar-refractivity contribution in [1.29, 1.82) is 0 Å². The number of fused-ring (bicyclic) bond motifs is 2. The summed E-state index contributed by atoms with van der Waals surface area (Å²) in [5.41, 5.74) is 3.39. The van der Waals surface area contributed by atoms with Gasteiger partial charge in [0.25, 0.3) is 5.56 Å². The van der Waals surface area contributed by atoms with Crippen LogP contribution in [0.5, 0.6) is 0 Å². The van der Waals surface area contributed by atoms with Crippen LogP contribution in [0.15, 0.2) is 78.2 Å². The molecule has 0 fully saturated rings. The van der Waals surface area contributed by atoms with E-state index in [9.17, 15) is 4.79 Å². The van der Waals surface area contributed by atoms with Gasteiger partial charge in [0.15, 0.2) is 0 Å². The van der Waals surface area contributed by atoms with Crippen molar-refractivity contribution in [3.8, 4) is 11.1 Å². The van der Waals surface area contributed by atoms with Crippen molar-refractivity contribution in [2.75, 3.05) is 0 Å². The normalized spacial score (nSPS) is 11.3. The minimum atomic E-state index is -0.117. The molecule has 5 rings (SSSR count). The van der Waals surface area contributed by atoms with Crippen LogP contribution in [0.1, 0.15) is 5.69 Å². The molecule has 5 aromatic rings. The fraction of sp³-hybridized carbons (Fsp3) is 0.0952. The van der Waals surface area contributed by atoms with E-state index in [1.807, 2.05) is 59.3 Å². The van der Waals surface area contributed by atoms with E-state index < -0.39 is 0 Å². The largest absolute Gasteiger partial charge is 0.307 e. The van der Waals surface area contributed by atoms with E-state index in [-0.39, 0.29) is 5.56 Å². The fourth-order valence-corrected chi connectivity index (χ4v) is 3.41. The number of hydrogen-bond acceptors (Lipinski definition) is 5. The van der Waals surface area contributed by atoms with Crippen molar-refractivity contribution in [2.45, 2.75) is 13.0 Å². The summed E-state index contributed by atoms with van der Waals surface area (Å²) in [6, 6.07) is 13.5. The van der Waals surface area contributed by atoms with Crippen molar-refractivity contribution < 1.29 is 0 Å². The molecule has 0 atom stereocenters. The highest BCUT2D eigenvalue weighted by Gasteiger charge is 2.11. The van der Waals surface area contributed by atoms with E-state index in [1.54, 1.807) is 18.6 Å². The van der Waals surface area contributed by atoms with Crippen molar-refractivity contribution in [1.82, 2.24) is 29.4 Å². The van der Waals surface area contributed by atoms with Crippen molar-refractivity contribution in [3.05, 3.63) is 89.5 Å². The zero-order chi connectivity index (χ0) is 18.9. The van der Waals surface area contributed by atoms with E-state index in [0.29, 0.717) is 18.4 Å². The molecule has 0 saturated heterocycles. The molecular formula is C21H16N6O. The molecule has 7 heteroatoms. The Morgan fingerprint density at radius 1 is 0.964 bits per heavy atom. The maximum atomic E-state index is 13.2. The van der Waals surface area contributed by atoms with Crippen LogP contribution in [-0.4, -0.2) is 29.4 Å². The molecule has 0 aliphatic carbocycles. The average Bonchev–Trinajstić information content (AvgIpc) is 3.16. The van der Waals surface area contributed by atoms with Gasteiger partial charge in [0.05, 0.1) is 36.2 Å². The Kier molecular flexibility index (Phi) is 3.90. The molecule has 28 heavy (non-hydrogen) atoms. The molecular weight excluding hydrogens is 352 g/mol. The van der Waals surface area contributed by atoms with Gasteiger partial charge < -0.3 is 4.40 Å². The van der Waals surface area contributed by atoms with Crippen LogP contribution in [0.4, 0.5) is 0 Å². The summed E-state index contributed by atoms with van der Waals surface area (Å²) in [6.45, 7) is 0.460. The van der Waals surface area contributed by atoms with Gasteiger partial charge in [-0.15, -0.1) is 0 Å². The third-order valence-electron chi connectivity index (χ3n) is 4.77. The maximum absolute atomic E-state index is 13.2. The van der Waals surface area contributed by atoms with Gasteiger partial charge in [-0.05, 0) is 23.8 Å². The van der Waals surface area contributed by atoms with Gasteiger partial charge >= 0.3 is 0 Å². The highest BCUT2D eigenvalue weighted by atomic mass is 16.1. The molecule has 0 aliphatic rings. The smallest absolute Gasteiger partial charge is 0.275 e. The monoisotopic (exact) mass is 368 g/mol. The lowest BCUT2D eigenvalue weighted by Crippen LogP contribution is -2.24. The van der Waals surface area contributed by atoms with Crippen LogP contribution >= 0.6 is 0 Å². The van der Waals surface area contributed by atoms with Gasteiger partial charge in [0.2, 0.25) is 0 Å². The molecule has 4 heterocycles. The van der Waals surface area contributed by atoms with Crippen LogP contribution < -0.4 is 5.56 Å². The average molecular weight is 368 g/mol. The third kappa shape index (κ3) is 2.83. The van der Waals surface area contributed by atoms with E-state index >= 15 is 0 Å². The Morgan fingerprint density at radius 3 is 2.79 bits per heavy atom. The molecule has 0 unspecified atom stereocenters. The lowest BCUT2D eigenvalue weighted by atomic mass is 10.0. The first-order valence-electron chi connectivity index (χ1n) is 8.98. The van der Waals surface area contributed by atoms with Gasteiger partial charge in [0, 0.05) is 29.8 Å². The second-order valence-corrected chi connectivity index (χ2v) is 6.52. The molecule has 4 aromatic heterocycles. The number of benzene rings is 1. The Morgan fingerprint density at radius 2 is 1.93 bits per heavy atom. The standard InChI is InChI=1S/C21H16N6O/c28-21-20-16(4-3-5-18(20)15-7-9-22-23-12-15)13-24-27(21)11-8-17-14-26-10-2-1-6-19(26)25-17/h1-7,9-10,12-14H,8,11H2. The maximum Gasteiger partial charge on any atom is 0.275 e. The van der Waals surface area contributed by atoms with Crippen molar-refractivity contribution in [3.63, 3.8) is 0 Å². The number of pyridine rings is 1. The first-order valence-corrected chi connectivity index (χ1v) is 8.98. The number of imidazole rings is 1. The molecule has 0 bridgehead atoms. The number of aromatic nitrogens is 6. The Labute approximate surface area is 159 Å². The summed E-state index contributed by atoms with van der Waals surface area (Å²) < 4.78 is 3.48. The van der Waals surface area contributed by atoms with E-state index in [0.717, 1.165) is 27.9 Å². The minimum absolute atomic E-state index is 0.117. The number of hydrogen-bond donors (Lipinski definition) is 0. The summed E-state index contributed by atoms with van der Waals surface area (Å²) in [6.07, 6.45) is 9.58. The molecule has 0 radical (unpaired) electrons. The first kappa shape index (κ1) is 16.3. The Hall–Kier alpha value is -3.87. The minimum Gasteiger partial charge on any atom is -0.307 e. The summed E-state index contributed by atoms with van der Waals surface area (Å²) >= 11 is 0. The Bertz CT molecular complexity index is 1310. The lowest BCUT2D eigenvalue weighted by Gasteiger charge is -2.09. The van der Waals surface area contributed by atoms with Crippen molar-refractivity contribution >= 4 is 16.4 Å². The first-order chi connectivity index (χ1) is 13.8. The molecule has 0 amide bonds. The molecule has 136 valence electrons. The number of aryl methyl sites for hydroxylation is 2. The van der Waals surface area contributed by atoms with Gasteiger partial charge in [-0.2, -0.15) is 15.3 Å². The van der Waals surface area contributed by atoms with Crippen LogP contribution in [0.3, 0.4) is 0 Å². The second kappa shape index (κ2) is 6.70. The number of rotatable bonds is 4. The zero-order valence-corrected chi connectivity index (χ0v) is 14.9. The highest BCUT2D eigenvalue weighted by molar-refractivity contribution is 5.95. The van der Waals surface area contributed by atoms with Crippen LogP contribution in [0.25, 0.3) is 27.5 Å². The zero-order valence-electron chi connectivity index (χ0n) is 14.9. The number of nitrogens with zero attached hydrogens (tertiary/aromatic N) is 6. The van der Waals surface area contributed by atoms with Crippen LogP contribution in [0, 0.1) is 0 Å².